The van der Waals surface area contributed by atoms with Crippen LogP contribution in [-0.4, -0.2) is 18.1 Å². The number of phenolic OH excluding ortho intramolecular Hbond substituents is 1. The van der Waals surface area contributed by atoms with E-state index in [0.29, 0.717) is 21.5 Å². The maximum absolute atomic E-state index is 12.3. The Morgan fingerprint density at radius 3 is 2.60 bits per heavy atom. The molecule has 0 radical (unpaired) electrons. The van der Waals surface area contributed by atoms with Gasteiger partial charge in [0.05, 0.1) is 7.11 Å². The Morgan fingerprint density at radius 1 is 1.36 bits per heavy atom. The van der Waals surface area contributed by atoms with Crippen LogP contribution in [-0.2, 0) is 11.2 Å². The molecule has 5 nitrogen and oxygen atoms in total. The summed E-state index contributed by atoms with van der Waals surface area (Å²) in [7, 11) is 1.44. The van der Waals surface area contributed by atoms with Crippen molar-refractivity contribution >= 4 is 33.6 Å². The van der Waals surface area contributed by atoms with Crippen LogP contribution in [0.3, 0.4) is 0 Å². The third-order valence-corrected chi connectivity index (χ3v) is 4.27. The van der Waals surface area contributed by atoms with Gasteiger partial charge in [-0.25, -0.2) is 0 Å². The molecule has 2 aromatic carbocycles. The topological polar surface area (TPSA) is 82.4 Å². The molecule has 2 aromatic rings. The smallest absolute Gasteiger partial charge is 0.266 e. The van der Waals surface area contributed by atoms with Crippen molar-refractivity contribution in [2.24, 2.45) is 0 Å². The van der Waals surface area contributed by atoms with Crippen molar-refractivity contribution in [2.75, 3.05) is 12.4 Å². The largest absolute Gasteiger partial charge is 0.504 e. The summed E-state index contributed by atoms with van der Waals surface area (Å²) in [5.41, 5.74) is 2.18. The number of rotatable bonds is 5. The van der Waals surface area contributed by atoms with Gasteiger partial charge in [0.2, 0.25) is 0 Å². The summed E-state index contributed by atoms with van der Waals surface area (Å²) in [6.45, 7) is 2.05. The number of amides is 1. The molecule has 0 aliphatic heterocycles. The van der Waals surface area contributed by atoms with Crippen molar-refractivity contribution < 1.29 is 14.6 Å². The highest BCUT2D eigenvalue weighted by Crippen LogP contribution is 2.33. The molecule has 0 aliphatic rings. The maximum Gasteiger partial charge on any atom is 0.266 e. The maximum atomic E-state index is 12.3. The third kappa shape index (κ3) is 4.61. The van der Waals surface area contributed by atoms with Crippen molar-refractivity contribution in [2.45, 2.75) is 13.3 Å². The van der Waals surface area contributed by atoms with Crippen LogP contribution < -0.4 is 10.1 Å². The highest BCUT2D eigenvalue weighted by Gasteiger charge is 2.12. The molecule has 6 heteroatoms. The number of nitrogens with one attached hydrogen (secondary N) is 1. The molecule has 0 fully saturated rings. The average molecular weight is 401 g/mol. The summed E-state index contributed by atoms with van der Waals surface area (Å²) in [4.78, 5) is 12.3. The van der Waals surface area contributed by atoms with Crippen LogP contribution in [0.5, 0.6) is 11.5 Å². The number of nitrogens with zero attached hydrogens (tertiary/aromatic N) is 1. The van der Waals surface area contributed by atoms with Crippen molar-refractivity contribution in [1.29, 1.82) is 5.26 Å². The van der Waals surface area contributed by atoms with E-state index in [9.17, 15) is 15.2 Å². The minimum absolute atomic E-state index is 0.0789. The Hall–Kier alpha value is -2.78. The predicted octanol–water partition coefficient (Wildman–Crippen LogP) is 4.27. The number of benzene rings is 2. The number of phenols is 1. The summed E-state index contributed by atoms with van der Waals surface area (Å²) in [6, 6.07) is 12.3. The number of methoxy groups -OCH3 is 1. The second-order valence-corrected chi connectivity index (χ2v) is 6.07. The van der Waals surface area contributed by atoms with Gasteiger partial charge in [-0.3, -0.25) is 4.79 Å². The lowest BCUT2D eigenvalue weighted by molar-refractivity contribution is -0.112. The number of aryl methyl sites for hydroxylation is 1. The van der Waals surface area contributed by atoms with Gasteiger partial charge in [0, 0.05) is 10.2 Å². The Morgan fingerprint density at radius 2 is 2.04 bits per heavy atom. The molecule has 25 heavy (non-hydrogen) atoms. The first-order chi connectivity index (χ1) is 12.0. The fourth-order valence-corrected chi connectivity index (χ4v) is 2.60. The first kappa shape index (κ1) is 18.6. The first-order valence-corrected chi connectivity index (χ1v) is 8.36. The summed E-state index contributed by atoms with van der Waals surface area (Å²) in [6.07, 6.45) is 2.31. The molecule has 0 bridgehead atoms. The Kier molecular flexibility index (Phi) is 6.20. The molecule has 1 amide bonds. The molecule has 0 saturated carbocycles. The number of anilines is 1. The second-order valence-electron chi connectivity index (χ2n) is 5.22. The minimum Gasteiger partial charge on any atom is -0.504 e. The number of carbonyl (C=O) groups is 1. The Labute approximate surface area is 154 Å². The molecule has 0 aliphatic carbocycles. The van der Waals surface area contributed by atoms with Crippen LogP contribution in [0.4, 0.5) is 5.69 Å². The zero-order chi connectivity index (χ0) is 18.4. The molecule has 0 saturated heterocycles. The standard InChI is InChI=1S/C19H17BrN2O3/c1-3-12-4-6-15(7-5-12)22-19(24)14(11-21)8-13-9-17(23)18(25-2)10-16(13)20/h4-10,23H,3H2,1-2H3,(H,22,24)/b14-8+. The lowest BCUT2D eigenvalue weighted by Gasteiger charge is -2.08. The van der Waals surface area contributed by atoms with Crippen molar-refractivity contribution in [3.63, 3.8) is 0 Å². The van der Waals surface area contributed by atoms with E-state index >= 15 is 0 Å². The third-order valence-electron chi connectivity index (χ3n) is 3.58. The number of aromatic hydroxyl groups is 1. The van der Waals surface area contributed by atoms with E-state index in [4.69, 9.17) is 4.74 Å². The highest BCUT2D eigenvalue weighted by atomic mass is 79.9. The van der Waals surface area contributed by atoms with Crippen molar-refractivity contribution in [3.8, 4) is 17.6 Å². The van der Waals surface area contributed by atoms with Gasteiger partial charge in [0.1, 0.15) is 11.6 Å². The first-order valence-electron chi connectivity index (χ1n) is 7.57. The van der Waals surface area contributed by atoms with Gasteiger partial charge >= 0.3 is 0 Å². The van der Waals surface area contributed by atoms with E-state index in [1.165, 1.54) is 19.3 Å². The Bertz CT molecular complexity index is 852. The number of carbonyl (C=O) groups excluding carboxylic acids is 1. The van der Waals surface area contributed by atoms with Gasteiger partial charge in [-0.2, -0.15) is 5.26 Å². The SMILES string of the molecule is CCc1ccc(NC(=O)/C(C#N)=C/c2cc(O)c(OC)cc2Br)cc1. The van der Waals surface area contributed by atoms with Gasteiger partial charge in [0.15, 0.2) is 11.5 Å². The van der Waals surface area contributed by atoms with E-state index in [-0.39, 0.29) is 11.3 Å². The van der Waals surface area contributed by atoms with Gasteiger partial charge < -0.3 is 15.2 Å². The lowest BCUT2D eigenvalue weighted by Crippen LogP contribution is -2.13. The fourth-order valence-electron chi connectivity index (χ4n) is 2.16. The second kappa shape index (κ2) is 8.36. The summed E-state index contributed by atoms with van der Waals surface area (Å²) in [5, 5.41) is 21.9. The van der Waals surface area contributed by atoms with Crippen LogP contribution in [0.15, 0.2) is 46.4 Å². The van der Waals surface area contributed by atoms with Gasteiger partial charge in [0.25, 0.3) is 5.91 Å². The average Bonchev–Trinajstić information content (AvgIpc) is 2.62. The monoisotopic (exact) mass is 400 g/mol. The Balaban J connectivity index is 2.26. The van der Waals surface area contributed by atoms with E-state index in [0.717, 1.165) is 12.0 Å². The fraction of sp³-hybridized carbons (Fsp3) is 0.158. The molecule has 0 atom stereocenters. The number of hydrogen-bond acceptors (Lipinski definition) is 4. The van der Waals surface area contributed by atoms with Gasteiger partial charge in [-0.1, -0.05) is 35.0 Å². The zero-order valence-corrected chi connectivity index (χ0v) is 15.4. The molecule has 2 N–H and O–H groups in total. The van der Waals surface area contributed by atoms with Crippen molar-refractivity contribution in [1.82, 2.24) is 0 Å². The van der Waals surface area contributed by atoms with E-state index in [2.05, 4.69) is 21.2 Å². The summed E-state index contributed by atoms with van der Waals surface area (Å²) in [5.74, 6) is -0.304. The van der Waals surface area contributed by atoms with E-state index in [1.807, 2.05) is 25.1 Å². The highest BCUT2D eigenvalue weighted by molar-refractivity contribution is 9.10. The zero-order valence-electron chi connectivity index (χ0n) is 13.8. The molecule has 2 rings (SSSR count). The molecule has 0 aromatic heterocycles. The van der Waals surface area contributed by atoms with Crippen LogP contribution >= 0.6 is 15.9 Å². The van der Waals surface area contributed by atoms with Gasteiger partial charge in [-0.15, -0.1) is 0 Å². The number of nitriles is 1. The number of halogens is 1. The molecule has 128 valence electrons. The lowest BCUT2D eigenvalue weighted by atomic mass is 10.1. The minimum atomic E-state index is -0.519. The van der Waals surface area contributed by atoms with Gasteiger partial charge in [-0.05, 0) is 47.9 Å². The molecular weight excluding hydrogens is 384 g/mol. The number of ether oxygens (including phenoxy) is 1. The summed E-state index contributed by atoms with van der Waals surface area (Å²) < 4.78 is 5.61. The molecule has 0 unspecified atom stereocenters. The normalized spacial score (nSPS) is 10.9. The molecular formula is C19H17BrN2O3. The van der Waals surface area contributed by atoms with Crippen LogP contribution in [0.25, 0.3) is 6.08 Å². The van der Waals surface area contributed by atoms with Crippen LogP contribution in [0.1, 0.15) is 18.1 Å². The van der Waals surface area contributed by atoms with Crippen LogP contribution in [0.2, 0.25) is 0 Å². The number of hydrogen-bond donors (Lipinski definition) is 2. The van der Waals surface area contributed by atoms with E-state index < -0.39 is 5.91 Å². The molecule has 0 heterocycles. The molecule has 0 spiro atoms. The quantitative estimate of drug-likeness (QED) is 0.579. The summed E-state index contributed by atoms with van der Waals surface area (Å²) >= 11 is 3.33. The van der Waals surface area contributed by atoms with Crippen molar-refractivity contribution in [3.05, 3.63) is 57.6 Å². The predicted molar refractivity (Wildman–Crippen MR) is 100 cm³/mol. The van der Waals surface area contributed by atoms with E-state index in [1.54, 1.807) is 18.2 Å². The van der Waals surface area contributed by atoms with Crippen LogP contribution in [0, 0.1) is 11.3 Å².